The van der Waals surface area contributed by atoms with Crippen LogP contribution >= 0.6 is 11.6 Å². The second-order valence-electron chi connectivity index (χ2n) is 5.07. The Balaban J connectivity index is 1.84. The molecule has 1 aliphatic rings. The summed E-state index contributed by atoms with van der Waals surface area (Å²) in [7, 11) is 0. The molecule has 1 fully saturated rings. The van der Waals surface area contributed by atoms with Crippen LogP contribution in [0, 0.1) is 0 Å². The van der Waals surface area contributed by atoms with Gasteiger partial charge in [0.05, 0.1) is 5.69 Å². The predicted octanol–water partition coefficient (Wildman–Crippen LogP) is 2.72. The Labute approximate surface area is 123 Å². The molecule has 0 unspecified atom stereocenters. The van der Waals surface area contributed by atoms with Crippen molar-refractivity contribution in [3.63, 3.8) is 0 Å². The minimum absolute atomic E-state index is 0.311. The molecule has 0 bridgehead atoms. The lowest BCUT2D eigenvalue weighted by atomic mass is 10.1. The van der Waals surface area contributed by atoms with Crippen LogP contribution in [0.1, 0.15) is 12.8 Å². The standard InChI is InChI=1S/C15H17ClN4/c16-12-3-1-11(2-4-12)14-5-8-18-15(19-14)20-9-6-13(17)7-10-20/h1-5,8,13H,6-7,9-10,17H2. The first kappa shape index (κ1) is 13.3. The fourth-order valence-corrected chi connectivity index (χ4v) is 2.51. The van der Waals surface area contributed by atoms with Crippen LogP contribution in [0.2, 0.25) is 5.02 Å². The average Bonchev–Trinajstić information content (AvgIpc) is 2.49. The molecular weight excluding hydrogens is 272 g/mol. The first-order valence-electron chi connectivity index (χ1n) is 6.82. The van der Waals surface area contributed by atoms with Crippen LogP contribution in [-0.4, -0.2) is 29.1 Å². The number of nitrogens with zero attached hydrogens (tertiary/aromatic N) is 3. The number of anilines is 1. The summed E-state index contributed by atoms with van der Waals surface area (Å²) in [6.45, 7) is 1.84. The number of hydrogen-bond acceptors (Lipinski definition) is 4. The van der Waals surface area contributed by atoms with Gasteiger partial charge in [-0.25, -0.2) is 9.97 Å². The minimum Gasteiger partial charge on any atom is -0.341 e. The smallest absolute Gasteiger partial charge is 0.225 e. The summed E-state index contributed by atoms with van der Waals surface area (Å²) in [5.74, 6) is 0.782. The second-order valence-corrected chi connectivity index (χ2v) is 5.51. The zero-order valence-electron chi connectivity index (χ0n) is 11.2. The fourth-order valence-electron chi connectivity index (χ4n) is 2.38. The summed E-state index contributed by atoms with van der Waals surface area (Å²) in [6.07, 6.45) is 3.80. The second kappa shape index (κ2) is 5.77. The molecule has 20 heavy (non-hydrogen) atoms. The largest absolute Gasteiger partial charge is 0.341 e. The number of rotatable bonds is 2. The van der Waals surface area contributed by atoms with Gasteiger partial charge in [0.2, 0.25) is 5.95 Å². The first-order chi connectivity index (χ1) is 9.72. The van der Waals surface area contributed by atoms with Crippen LogP contribution in [0.15, 0.2) is 36.5 Å². The maximum Gasteiger partial charge on any atom is 0.225 e. The van der Waals surface area contributed by atoms with Crippen molar-refractivity contribution in [1.82, 2.24) is 9.97 Å². The van der Waals surface area contributed by atoms with Crippen molar-refractivity contribution in [3.05, 3.63) is 41.6 Å². The van der Waals surface area contributed by atoms with Crippen molar-refractivity contribution in [3.8, 4) is 11.3 Å². The molecule has 1 aliphatic heterocycles. The van der Waals surface area contributed by atoms with Gasteiger partial charge >= 0.3 is 0 Å². The third-order valence-electron chi connectivity index (χ3n) is 3.61. The van der Waals surface area contributed by atoms with E-state index in [-0.39, 0.29) is 0 Å². The lowest BCUT2D eigenvalue weighted by Gasteiger charge is -2.30. The van der Waals surface area contributed by atoms with Crippen LogP contribution < -0.4 is 10.6 Å². The van der Waals surface area contributed by atoms with E-state index in [1.54, 1.807) is 6.20 Å². The van der Waals surface area contributed by atoms with Crippen LogP contribution in [0.25, 0.3) is 11.3 Å². The normalized spacial score (nSPS) is 16.4. The summed E-state index contributed by atoms with van der Waals surface area (Å²) in [6, 6.07) is 9.92. The summed E-state index contributed by atoms with van der Waals surface area (Å²) in [4.78, 5) is 11.2. The van der Waals surface area contributed by atoms with E-state index in [0.29, 0.717) is 6.04 Å². The number of piperidine rings is 1. The van der Waals surface area contributed by atoms with E-state index in [2.05, 4.69) is 14.9 Å². The molecule has 3 rings (SSSR count). The van der Waals surface area contributed by atoms with E-state index < -0.39 is 0 Å². The van der Waals surface area contributed by atoms with Gasteiger partial charge in [-0.2, -0.15) is 0 Å². The predicted molar refractivity (Wildman–Crippen MR) is 81.9 cm³/mol. The van der Waals surface area contributed by atoms with Gasteiger partial charge in [-0.3, -0.25) is 0 Å². The van der Waals surface area contributed by atoms with Crippen LogP contribution in [0.3, 0.4) is 0 Å². The van der Waals surface area contributed by atoms with Gasteiger partial charge in [-0.1, -0.05) is 23.7 Å². The highest BCUT2D eigenvalue weighted by atomic mass is 35.5. The Kier molecular flexibility index (Phi) is 3.85. The van der Waals surface area contributed by atoms with E-state index in [1.807, 2.05) is 30.3 Å². The number of nitrogens with two attached hydrogens (primary N) is 1. The topological polar surface area (TPSA) is 55.0 Å². The minimum atomic E-state index is 0.311. The van der Waals surface area contributed by atoms with E-state index in [4.69, 9.17) is 17.3 Å². The van der Waals surface area contributed by atoms with Gasteiger partial charge in [-0.05, 0) is 31.0 Å². The fraction of sp³-hybridized carbons (Fsp3) is 0.333. The molecule has 2 N–H and O–H groups in total. The molecule has 0 aliphatic carbocycles. The van der Waals surface area contributed by atoms with Gasteiger partial charge in [0.25, 0.3) is 0 Å². The highest BCUT2D eigenvalue weighted by Crippen LogP contribution is 2.22. The van der Waals surface area contributed by atoms with E-state index in [9.17, 15) is 0 Å². The number of hydrogen-bond donors (Lipinski definition) is 1. The molecule has 0 atom stereocenters. The van der Waals surface area contributed by atoms with Crippen LogP contribution in [0.5, 0.6) is 0 Å². The zero-order chi connectivity index (χ0) is 13.9. The highest BCUT2D eigenvalue weighted by Gasteiger charge is 2.18. The van der Waals surface area contributed by atoms with E-state index in [1.165, 1.54) is 0 Å². The van der Waals surface area contributed by atoms with Gasteiger partial charge in [0, 0.05) is 35.9 Å². The molecule has 1 saturated heterocycles. The lowest BCUT2D eigenvalue weighted by molar-refractivity contribution is 0.495. The number of benzene rings is 1. The van der Waals surface area contributed by atoms with Gasteiger partial charge in [0.15, 0.2) is 0 Å². The molecule has 0 amide bonds. The van der Waals surface area contributed by atoms with Gasteiger partial charge in [0.1, 0.15) is 0 Å². The van der Waals surface area contributed by atoms with Crippen LogP contribution in [-0.2, 0) is 0 Å². The molecule has 4 nitrogen and oxygen atoms in total. The molecule has 0 saturated carbocycles. The lowest BCUT2D eigenvalue weighted by Crippen LogP contribution is -2.40. The van der Waals surface area contributed by atoms with Crippen molar-refractivity contribution < 1.29 is 0 Å². The Morgan fingerprint density at radius 1 is 1.10 bits per heavy atom. The van der Waals surface area contributed by atoms with Crippen molar-refractivity contribution in [2.75, 3.05) is 18.0 Å². The molecule has 2 heterocycles. The Morgan fingerprint density at radius 2 is 1.80 bits per heavy atom. The van der Waals surface area contributed by atoms with Crippen LogP contribution in [0.4, 0.5) is 5.95 Å². The summed E-state index contributed by atoms with van der Waals surface area (Å²) in [5.41, 5.74) is 7.90. The third kappa shape index (κ3) is 2.92. The monoisotopic (exact) mass is 288 g/mol. The summed E-state index contributed by atoms with van der Waals surface area (Å²) >= 11 is 5.91. The molecule has 2 aromatic rings. The van der Waals surface area contributed by atoms with Crippen molar-refractivity contribution >= 4 is 17.5 Å². The Hall–Kier alpha value is -1.65. The molecule has 5 heteroatoms. The SMILES string of the molecule is NC1CCN(c2nccc(-c3ccc(Cl)cc3)n2)CC1. The molecule has 104 valence electrons. The zero-order valence-corrected chi connectivity index (χ0v) is 11.9. The first-order valence-corrected chi connectivity index (χ1v) is 7.20. The van der Waals surface area contributed by atoms with Crippen molar-refractivity contribution in [2.24, 2.45) is 5.73 Å². The molecule has 1 aromatic carbocycles. The number of halogens is 1. The third-order valence-corrected chi connectivity index (χ3v) is 3.86. The molecule has 1 aromatic heterocycles. The molecule has 0 spiro atoms. The van der Waals surface area contributed by atoms with Gasteiger partial charge in [-0.15, -0.1) is 0 Å². The highest BCUT2D eigenvalue weighted by molar-refractivity contribution is 6.30. The van der Waals surface area contributed by atoms with Crippen molar-refractivity contribution in [2.45, 2.75) is 18.9 Å². The molecular formula is C15H17ClN4. The summed E-state index contributed by atoms with van der Waals surface area (Å²) in [5, 5.41) is 0.730. The Morgan fingerprint density at radius 3 is 2.50 bits per heavy atom. The molecule has 0 radical (unpaired) electrons. The summed E-state index contributed by atoms with van der Waals surface area (Å²) < 4.78 is 0. The van der Waals surface area contributed by atoms with Crippen molar-refractivity contribution in [1.29, 1.82) is 0 Å². The average molecular weight is 289 g/mol. The Bertz CT molecular complexity index is 577. The van der Waals surface area contributed by atoms with E-state index in [0.717, 1.165) is 48.2 Å². The quantitative estimate of drug-likeness (QED) is 0.923. The number of aromatic nitrogens is 2. The maximum atomic E-state index is 5.93. The van der Waals surface area contributed by atoms with E-state index >= 15 is 0 Å². The van der Waals surface area contributed by atoms with Gasteiger partial charge < -0.3 is 10.6 Å². The maximum absolute atomic E-state index is 5.93.